The average Bonchev–Trinajstić information content (AvgIpc) is 3.48. The molecule has 1 aliphatic heterocycles. The summed E-state index contributed by atoms with van der Waals surface area (Å²) < 4.78 is 40.9. The molecule has 1 amide bonds. The van der Waals surface area contributed by atoms with Gasteiger partial charge in [-0.3, -0.25) is 4.79 Å². The van der Waals surface area contributed by atoms with Crippen LogP contribution < -0.4 is 9.54 Å². The van der Waals surface area contributed by atoms with E-state index in [1.165, 1.54) is 39.9 Å². The van der Waals surface area contributed by atoms with E-state index in [2.05, 4.69) is 4.99 Å². The highest BCUT2D eigenvalue weighted by atomic mass is 32.2. The van der Waals surface area contributed by atoms with Crippen LogP contribution in [0.3, 0.4) is 0 Å². The molecule has 8 nitrogen and oxygen atoms in total. The second kappa shape index (κ2) is 10.2. The van der Waals surface area contributed by atoms with E-state index < -0.39 is 15.9 Å². The number of carbonyl (C=O) groups is 1. The molecule has 4 rings (SSSR count). The summed E-state index contributed by atoms with van der Waals surface area (Å²) in [6, 6.07) is 11.7. The van der Waals surface area contributed by atoms with Gasteiger partial charge in [-0.05, 0) is 56.2 Å². The Hall–Kier alpha value is -2.53. The molecular weight excluding hydrogens is 462 g/mol. The molecule has 0 atom stereocenters. The van der Waals surface area contributed by atoms with Crippen molar-refractivity contribution in [3.8, 4) is 5.75 Å². The average molecular weight is 490 g/mol. The maximum absolute atomic E-state index is 12.9. The van der Waals surface area contributed by atoms with Gasteiger partial charge in [0.2, 0.25) is 10.0 Å². The highest BCUT2D eigenvalue weighted by Gasteiger charge is 2.27. The predicted molar refractivity (Wildman–Crippen MR) is 127 cm³/mol. The molecule has 0 aliphatic carbocycles. The van der Waals surface area contributed by atoms with Gasteiger partial charge in [0, 0.05) is 31.8 Å². The number of ether oxygens (including phenoxy) is 2. The van der Waals surface area contributed by atoms with Crippen molar-refractivity contribution in [3.63, 3.8) is 0 Å². The Kier molecular flexibility index (Phi) is 7.28. The van der Waals surface area contributed by atoms with Crippen LogP contribution in [0.5, 0.6) is 5.75 Å². The molecule has 1 aromatic heterocycles. The van der Waals surface area contributed by atoms with Crippen LogP contribution in [0.25, 0.3) is 10.2 Å². The first-order valence-corrected chi connectivity index (χ1v) is 13.1. The minimum atomic E-state index is -3.52. The molecule has 176 valence electrons. The fourth-order valence-corrected chi connectivity index (χ4v) is 6.44. The van der Waals surface area contributed by atoms with Crippen molar-refractivity contribution < 1.29 is 22.7 Å². The highest BCUT2D eigenvalue weighted by Crippen LogP contribution is 2.27. The summed E-state index contributed by atoms with van der Waals surface area (Å²) >= 11 is 1.40. The summed E-state index contributed by atoms with van der Waals surface area (Å²) in [6.45, 7) is 4.60. The molecule has 1 aliphatic rings. The minimum absolute atomic E-state index is 0.194. The first-order valence-electron chi connectivity index (χ1n) is 10.9. The van der Waals surface area contributed by atoms with Crippen molar-refractivity contribution in [2.24, 2.45) is 4.99 Å². The first-order chi connectivity index (χ1) is 16.0. The molecule has 33 heavy (non-hydrogen) atoms. The van der Waals surface area contributed by atoms with Crippen LogP contribution in [0, 0.1) is 0 Å². The van der Waals surface area contributed by atoms with Crippen molar-refractivity contribution >= 4 is 37.5 Å². The molecule has 0 unspecified atom stereocenters. The Morgan fingerprint density at radius 1 is 1.12 bits per heavy atom. The van der Waals surface area contributed by atoms with Crippen LogP contribution in [0.1, 0.15) is 30.1 Å². The largest absolute Gasteiger partial charge is 0.495 e. The van der Waals surface area contributed by atoms with Crippen molar-refractivity contribution in [2.45, 2.75) is 31.2 Å². The first kappa shape index (κ1) is 23.6. The number of fused-ring (bicyclic) bond motifs is 1. The van der Waals surface area contributed by atoms with Gasteiger partial charge in [-0.1, -0.05) is 17.4 Å². The topological polar surface area (TPSA) is 90.2 Å². The Bertz CT molecular complexity index is 1300. The van der Waals surface area contributed by atoms with Gasteiger partial charge < -0.3 is 14.0 Å². The van der Waals surface area contributed by atoms with E-state index in [1.807, 2.05) is 29.7 Å². The lowest BCUT2D eigenvalue weighted by Gasteiger charge is -2.15. The summed E-state index contributed by atoms with van der Waals surface area (Å²) in [5, 5.41) is 0. The van der Waals surface area contributed by atoms with Gasteiger partial charge in [0.05, 0.1) is 23.3 Å². The van der Waals surface area contributed by atoms with E-state index in [9.17, 15) is 13.2 Å². The van der Waals surface area contributed by atoms with Crippen molar-refractivity contribution in [3.05, 3.63) is 52.8 Å². The molecule has 0 N–H and O–H groups in total. The summed E-state index contributed by atoms with van der Waals surface area (Å²) in [4.78, 5) is 18.0. The van der Waals surface area contributed by atoms with E-state index >= 15 is 0 Å². The van der Waals surface area contributed by atoms with E-state index in [0.29, 0.717) is 49.0 Å². The molecule has 0 radical (unpaired) electrons. The molecular formula is C23H27N3O5S2. The maximum atomic E-state index is 12.9. The third kappa shape index (κ3) is 4.89. The van der Waals surface area contributed by atoms with Gasteiger partial charge in [-0.25, -0.2) is 8.42 Å². The van der Waals surface area contributed by atoms with Crippen molar-refractivity contribution in [1.29, 1.82) is 0 Å². The number of aromatic nitrogens is 1. The number of carbonyl (C=O) groups excluding carboxylic acids is 1. The van der Waals surface area contributed by atoms with Crippen LogP contribution in [0.2, 0.25) is 0 Å². The number of benzene rings is 2. The van der Waals surface area contributed by atoms with Crippen LogP contribution in [-0.4, -0.2) is 56.6 Å². The number of methoxy groups -OCH3 is 1. The highest BCUT2D eigenvalue weighted by molar-refractivity contribution is 7.89. The third-order valence-electron chi connectivity index (χ3n) is 5.55. The molecule has 2 aromatic carbocycles. The quantitative estimate of drug-likeness (QED) is 0.453. The lowest BCUT2D eigenvalue weighted by atomic mass is 10.2. The van der Waals surface area contributed by atoms with Gasteiger partial charge >= 0.3 is 0 Å². The molecule has 2 heterocycles. The fraction of sp³-hybridized carbons (Fsp3) is 0.391. The SMILES string of the molecule is CCOCCn1c(=NC(=O)c2ccc(S(=O)(=O)N3CCCC3)cc2)sc2cccc(OC)c21. The molecule has 0 bridgehead atoms. The molecule has 1 fully saturated rings. The standard InChI is InChI=1S/C23H27N3O5S2/c1-3-31-16-15-26-21-19(30-2)7-6-8-20(21)32-23(26)24-22(27)17-9-11-18(12-10-17)33(28,29)25-13-4-5-14-25/h6-12H,3-5,13-16H2,1-2H3. The summed E-state index contributed by atoms with van der Waals surface area (Å²) in [6.07, 6.45) is 1.75. The number of amides is 1. The fourth-order valence-electron chi connectivity index (χ4n) is 3.85. The number of sulfonamides is 1. The van der Waals surface area contributed by atoms with E-state index in [4.69, 9.17) is 9.47 Å². The second-order valence-corrected chi connectivity index (χ2v) is 10.5. The zero-order valence-corrected chi connectivity index (χ0v) is 20.3. The van der Waals surface area contributed by atoms with E-state index in [-0.39, 0.29) is 4.90 Å². The molecule has 10 heteroatoms. The molecule has 3 aromatic rings. The van der Waals surface area contributed by atoms with Crippen LogP contribution in [-0.2, 0) is 21.3 Å². The van der Waals surface area contributed by atoms with Gasteiger partial charge in [-0.2, -0.15) is 9.30 Å². The van der Waals surface area contributed by atoms with E-state index in [1.54, 1.807) is 7.11 Å². The zero-order chi connectivity index (χ0) is 23.4. The third-order valence-corrected chi connectivity index (χ3v) is 8.51. The number of hydrogen-bond acceptors (Lipinski definition) is 6. The lowest BCUT2D eigenvalue weighted by molar-refractivity contribution is 0.0996. The number of hydrogen-bond donors (Lipinski definition) is 0. The summed E-state index contributed by atoms with van der Waals surface area (Å²) in [7, 11) is -1.91. The summed E-state index contributed by atoms with van der Waals surface area (Å²) in [5.74, 6) is 0.265. The number of para-hydroxylation sites is 1. The van der Waals surface area contributed by atoms with Crippen LogP contribution in [0.4, 0.5) is 0 Å². The normalized spacial score (nSPS) is 15.4. The van der Waals surface area contributed by atoms with Gasteiger partial charge in [0.15, 0.2) is 4.80 Å². The number of nitrogens with zero attached hydrogens (tertiary/aromatic N) is 3. The van der Waals surface area contributed by atoms with E-state index in [0.717, 1.165) is 23.1 Å². The predicted octanol–water partition coefficient (Wildman–Crippen LogP) is 3.27. The zero-order valence-electron chi connectivity index (χ0n) is 18.7. The Morgan fingerprint density at radius 3 is 2.52 bits per heavy atom. The molecule has 1 saturated heterocycles. The number of rotatable bonds is 8. The van der Waals surface area contributed by atoms with Gasteiger partial charge in [0.1, 0.15) is 11.3 Å². The van der Waals surface area contributed by atoms with Gasteiger partial charge in [0.25, 0.3) is 5.91 Å². The second-order valence-electron chi connectivity index (χ2n) is 7.59. The van der Waals surface area contributed by atoms with Crippen molar-refractivity contribution in [1.82, 2.24) is 8.87 Å². The Labute approximate surface area is 197 Å². The van der Waals surface area contributed by atoms with Crippen molar-refractivity contribution in [2.75, 3.05) is 33.4 Å². The minimum Gasteiger partial charge on any atom is -0.495 e. The Balaban J connectivity index is 1.67. The summed E-state index contributed by atoms with van der Waals surface area (Å²) in [5.41, 5.74) is 1.19. The number of thiazole rings is 1. The monoisotopic (exact) mass is 489 g/mol. The molecule has 0 spiro atoms. The lowest BCUT2D eigenvalue weighted by Crippen LogP contribution is -2.27. The maximum Gasteiger partial charge on any atom is 0.279 e. The van der Waals surface area contributed by atoms with Crippen LogP contribution >= 0.6 is 11.3 Å². The molecule has 0 saturated carbocycles. The smallest absolute Gasteiger partial charge is 0.279 e. The van der Waals surface area contributed by atoms with Gasteiger partial charge in [-0.15, -0.1) is 0 Å². The van der Waals surface area contributed by atoms with Crippen LogP contribution in [0.15, 0.2) is 52.4 Å². The Morgan fingerprint density at radius 2 is 1.85 bits per heavy atom.